The first-order valence-electron chi connectivity index (χ1n) is 8.62. The topological polar surface area (TPSA) is 63.6 Å². The molecule has 2 aromatic carbocycles. The maximum absolute atomic E-state index is 12.7. The normalized spacial score (nSPS) is 13.9. The van der Waals surface area contributed by atoms with Crippen LogP contribution >= 0.6 is 0 Å². The van der Waals surface area contributed by atoms with Crippen molar-refractivity contribution in [2.75, 3.05) is 7.11 Å². The van der Waals surface area contributed by atoms with Crippen molar-refractivity contribution < 1.29 is 9.53 Å². The van der Waals surface area contributed by atoms with E-state index in [1.807, 2.05) is 54.6 Å². The van der Waals surface area contributed by atoms with E-state index in [0.29, 0.717) is 11.5 Å². The maximum atomic E-state index is 12.7. The monoisotopic (exact) mass is 345 g/mol. The molecule has 0 spiro atoms. The Labute approximate surface area is 151 Å². The SMILES string of the molecule is COc1ccc(/C=N/NC(=O)c2cc(C3CC3)nc3ccccc23)cc1. The van der Waals surface area contributed by atoms with Crippen molar-refractivity contribution in [3.63, 3.8) is 0 Å². The van der Waals surface area contributed by atoms with Crippen molar-refractivity contribution in [3.8, 4) is 5.75 Å². The zero-order valence-corrected chi connectivity index (χ0v) is 14.5. The molecular weight excluding hydrogens is 326 g/mol. The maximum Gasteiger partial charge on any atom is 0.272 e. The first-order chi connectivity index (χ1) is 12.7. The number of fused-ring (bicyclic) bond motifs is 1. The van der Waals surface area contributed by atoms with Gasteiger partial charge >= 0.3 is 0 Å². The van der Waals surface area contributed by atoms with Gasteiger partial charge in [-0.3, -0.25) is 9.78 Å². The molecule has 1 aliphatic rings. The smallest absolute Gasteiger partial charge is 0.272 e. The fourth-order valence-corrected chi connectivity index (χ4v) is 2.89. The molecule has 0 aliphatic heterocycles. The average Bonchev–Trinajstić information content (AvgIpc) is 3.53. The summed E-state index contributed by atoms with van der Waals surface area (Å²) in [6.07, 6.45) is 3.90. The Morgan fingerprint density at radius 3 is 2.69 bits per heavy atom. The number of hydrogen-bond donors (Lipinski definition) is 1. The minimum Gasteiger partial charge on any atom is -0.497 e. The average molecular weight is 345 g/mol. The van der Waals surface area contributed by atoms with Crippen LogP contribution in [-0.2, 0) is 0 Å². The number of para-hydroxylation sites is 1. The lowest BCUT2D eigenvalue weighted by Crippen LogP contribution is -2.18. The summed E-state index contributed by atoms with van der Waals surface area (Å²) in [5, 5.41) is 4.93. The van der Waals surface area contributed by atoms with Gasteiger partial charge in [0.15, 0.2) is 0 Å². The zero-order chi connectivity index (χ0) is 17.9. The first kappa shape index (κ1) is 16.3. The Hall–Kier alpha value is -3.21. The van der Waals surface area contributed by atoms with Gasteiger partial charge in [-0.25, -0.2) is 5.43 Å². The number of methoxy groups -OCH3 is 1. The molecule has 4 rings (SSSR count). The molecule has 26 heavy (non-hydrogen) atoms. The third kappa shape index (κ3) is 3.42. The highest BCUT2D eigenvalue weighted by Gasteiger charge is 2.26. The number of carbonyl (C=O) groups is 1. The Bertz CT molecular complexity index is 976. The summed E-state index contributed by atoms with van der Waals surface area (Å²) in [7, 11) is 1.62. The van der Waals surface area contributed by atoms with Crippen molar-refractivity contribution in [2.24, 2.45) is 5.10 Å². The van der Waals surface area contributed by atoms with Crippen molar-refractivity contribution in [1.82, 2.24) is 10.4 Å². The van der Waals surface area contributed by atoms with Crippen LogP contribution in [0.25, 0.3) is 10.9 Å². The number of ether oxygens (including phenoxy) is 1. The minimum absolute atomic E-state index is 0.227. The molecule has 130 valence electrons. The van der Waals surface area contributed by atoms with E-state index in [-0.39, 0.29) is 5.91 Å². The highest BCUT2D eigenvalue weighted by atomic mass is 16.5. The molecule has 5 nitrogen and oxygen atoms in total. The van der Waals surface area contributed by atoms with Gasteiger partial charge in [0.2, 0.25) is 0 Å². The van der Waals surface area contributed by atoms with Crippen LogP contribution in [0.2, 0.25) is 0 Å². The molecule has 0 unspecified atom stereocenters. The van der Waals surface area contributed by atoms with Crippen LogP contribution in [-0.4, -0.2) is 24.2 Å². The quantitative estimate of drug-likeness (QED) is 0.564. The number of benzene rings is 2. The van der Waals surface area contributed by atoms with Gasteiger partial charge < -0.3 is 4.74 Å². The fourth-order valence-electron chi connectivity index (χ4n) is 2.89. The Kier molecular flexibility index (Phi) is 4.35. The van der Waals surface area contributed by atoms with Crippen LogP contribution < -0.4 is 10.2 Å². The van der Waals surface area contributed by atoms with Gasteiger partial charge in [-0.15, -0.1) is 0 Å². The van der Waals surface area contributed by atoms with Crippen LogP contribution in [0.1, 0.15) is 40.4 Å². The molecule has 1 amide bonds. The largest absolute Gasteiger partial charge is 0.497 e. The number of carbonyl (C=O) groups excluding carboxylic acids is 1. The second-order valence-electron chi connectivity index (χ2n) is 6.36. The van der Waals surface area contributed by atoms with Gasteiger partial charge in [0.25, 0.3) is 5.91 Å². The van der Waals surface area contributed by atoms with Gasteiger partial charge in [0, 0.05) is 17.0 Å². The molecular formula is C21H19N3O2. The molecule has 1 heterocycles. The van der Waals surface area contributed by atoms with Crippen LogP contribution in [0, 0.1) is 0 Å². The molecule has 0 radical (unpaired) electrons. The number of pyridine rings is 1. The summed E-state index contributed by atoms with van der Waals surface area (Å²) >= 11 is 0. The van der Waals surface area contributed by atoms with E-state index in [2.05, 4.69) is 10.5 Å². The van der Waals surface area contributed by atoms with Gasteiger partial charge in [0.1, 0.15) is 5.75 Å². The van der Waals surface area contributed by atoms with Crippen molar-refractivity contribution in [3.05, 3.63) is 71.4 Å². The van der Waals surface area contributed by atoms with E-state index in [1.54, 1.807) is 13.3 Å². The van der Waals surface area contributed by atoms with Crippen molar-refractivity contribution in [2.45, 2.75) is 18.8 Å². The molecule has 1 fully saturated rings. The Morgan fingerprint density at radius 2 is 1.96 bits per heavy atom. The van der Waals surface area contributed by atoms with Gasteiger partial charge in [0.05, 0.1) is 24.4 Å². The van der Waals surface area contributed by atoms with Crippen molar-refractivity contribution >= 4 is 23.0 Å². The van der Waals surface area contributed by atoms with E-state index in [0.717, 1.165) is 40.8 Å². The van der Waals surface area contributed by atoms with E-state index in [4.69, 9.17) is 9.72 Å². The van der Waals surface area contributed by atoms with E-state index in [1.165, 1.54) is 0 Å². The predicted molar refractivity (Wildman–Crippen MR) is 102 cm³/mol. The summed E-state index contributed by atoms with van der Waals surface area (Å²) in [6, 6.07) is 17.1. The summed E-state index contributed by atoms with van der Waals surface area (Å²) in [4.78, 5) is 17.4. The lowest BCUT2D eigenvalue weighted by atomic mass is 10.1. The summed E-state index contributed by atoms with van der Waals surface area (Å²) in [5.74, 6) is 1.03. The number of aromatic nitrogens is 1. The van der Waals surface area contributed by atoms with Crippen molar-refractivity contribution in [1.29, 1.82) is 0 Å². The van der Waals surface area contributed by atoms with Crippen LogP contribution in [0.3, 0.4) is 0 Å². The molecule has 1 saturated carbocycles. The molecule has 1 aromatic heterocycles. The minimum atomic E-state index is -0.227. The molecule has 0 bridgehead atoms. The lowest BCUT2D eigenvalue weighted by molar-refractivity contribution is 0.0956. The van der Waals surface area contributed by atoms with Crippen LogP contribution in [0.4, 0.5) is 0 Å². The van der Waals surface area contributed by atoms with E-state index < -0.39 is 0 Å². The van der Waals surface area contributed by atoms with Crippen LogP contribution in [0.5, 0.6) is 5.75 Å². The summed E-state index contributed by atoms with van der Waals surface area (Å²) < 4.78 is 5.13. The highest BCUT2D eigenvalue weighted by molar-refractivity contribution is 6.06. The third-order valence-corrected chi connectivity index (χ3v) is 4.47. The number of hydrazone groups is 1. The highest BCUT2D eigenvalue weighted by Crippen LogP contribution is 2.40. The first-order valence-corrected chi connectivity index (χ1v) is 8.62. The molecule has 0 atom stereocenters. The second-order valence-corrected chi connectivity index (χ2v) is 6.36. The standard InChI is InChI=1S/C21H19N3O2/c1-26-16-10-6-14(7-11-16)13-22-24-21(25)18-12-20(15-8-9-15)23-19-5-3-2-4-17(18)19/h2-7,10-13,15H,8-9H2,1H3,(H,24,25)/b22-13+. The van der Waals surface area contributed by atoms with E-state index >= 15 is 0 Å². The zero-order valence-electron chi connectivity index (χ0n) is 14.5. The van der Waals surface area contributed by atoms with Gasteiger partial charge in [-0.2, -0.15) is 5.10 Å². The predicted octanol–water partition coefficient (Wildman–Crippen LogP) is 3.88. The number of nitrogens with one attached hydrogen (secondary N) is 1. The fraction of sp³-hybridized carbons (Fsp3) is 0.190. The molecule has 1 N–H and O–H groups in total. The molecule has 1 aliphatic carbocycles. The molecule has 0 saturated heterocycles. The Balaban J connectivity index is 1.56. The number of amides is 1. The van der Waals surface area contributed by atoms with Crippen LogP contribution in [0.15, 0.2) is 59.7 Å². The number of hydrogen-bond acceptors (Lipinski definition) is 4. The van der Waals surface area contributed by atoms with Gasteiger partial charge in [-0.1, -0.05) is 18.2 Å². The second kappa shape index (κ2) is 6.96. The summed E-state index contributed by atoms with van der Waals surface area (Å²) in [5.41, 5.74) is 5.96. The lowest BCUT2D eigenvalue weighted by Gasteiger charge is -2.08. The van der Waals surface area contributed by atoms with E-state index in [9.17, 15) is 4.79 Å². The molecule has 3 aromatic rings. The summed E-state index contributed by atoms with van der Waals surface area (Å²) in [6.45, 7) is 0. The third-order valence-electron chi connectivity index (χ3n) is 4.47. The Morgan fingerprint density at radius 1 is 1.19 bits per heavy atom. The number of nitrogens with zero attached hydrogens (tertiary/aromatic N) is 2. The molecule has 5 heteroatoms. The number of rotatable bonds is 5. The van der Waals surface area contributed by atoms with Gasteiger partial charge in [-0.05, 0) is 54.8 Å².